The van der Waals surface area contributed by atoms with Crippen LogP contribution in [0.4, 0.5) is 5.69 Å². The summed E-state index contributed by atoms with van der Waals surface area (Å²) in [6, 6.07) is 13.8. The van der Waals surface area contributed by atoms with Crippen LogP contribution in [-0.2, 0) is 4.79 Å². The van der Waals surface area contributed by atoms with Gasteiger partial charge in [0.1, 0.15) is 5.70 Å². The summed E-state index contributed by atoms with van der Waals surface area (Å²) in [5.74, 6) is 0.198. The summed E-state index contributed by atoms with van der Waals surface area (Å²) in [6.45, 7) is 0. The maximum absolute atomic E-state index is 12.2. The van der Waals surface area contributed by atoms with Gasteiger partial charge in [0.25, 0.3) is 5.91 Å². The molecule has 3 N–H and O–H groups in total. The molecule has 4 aromatic rings. The summed E-state index contributed by atoms with van der Waals surface area (Å²) < 4.78 is 1.08. The first kappa shape index (κ1) is 14.9. The van der Waals surface area contributed by atoms with Crippen molar-refractivity contribution in [1.29, 1.82) is 0 Å². The molecule has 1 amide bonds. The van der Waals surface area contributed by atoms with E-state index < -0.39 is 0 Å². The van der Waals surface area contributed by atoms with Crippen molar-refractivity contribution in [2.75, 3.05) is 5.32 Å². The van der Waals surface area contributed by atoms with E-state index >= 15 is 0 Å². The van der Waals surface area contributed by atoms with Gasteiger partial charge in [-0.05, 0) is 47.4 Å². The van der Waals surface area contributed by atoms with Crippen molar-refractivity contribution in [3.8, 4) is 0 Å². The number of carbonyl (C=O) groups excluding carboxylic acids is 1. The molecule has 0 atom stereocenters. The number of fused-ring (bicyclic) bond motifs is 2. The lowest BCUT2D eigenvalue weighted by molar-refractivity contribution is -0.115. The fourth-order valence-electron chi connectivity index (χ4n) is 2.91. The van der Waals surface area contributed by atoms with Gasteiger partial charge in [0.2, 0.25) is 5.96 Å². The van der Waals surface area contributed by atoms with E-state index in [9.17, 15) is 4.79 Å². The van der Waals surface area contributed by atoms with Crippen molar-refractivity contribution in [2.45, 2.75) is 0 Å². The SMILES string of the molecule is O=C1NC(Nc2ccc3ncsc3c2)=N/C1=C\c1ccc2cc[nH]c2c1. The smallest absolute Gasteiger partial charge is 0.276 e. The van der Waals surface area contributed by atoms with E-state index in [2.05, 4.69) is 25.6 Å². The quantitative estimate of drug-likeness (QED) is 0.477. The van der Waals surface area contributed by atoms with Crippen molar-refractivity contribution in [2.24, 2.45) is 4.99 Å². The number of amides is 1. The Bertz CT molecular complexity index is 1220. The number of thiazole rings is 1. The minimum atomic E-state index is -0.224. The molecule has 0 aliphatic carbocycles. The van der Waals surface area contributed by atoms with Crippen LogP contribution >= 0.6 is 11.3 Å². The molecule has 0 fully saturated rings. The highest BCUT2D eigenvalue weighted by atomic mass is 32.1. The molecule has 2 aromatic carbocycles. The largest absolute Gasteiger partial charge is 0.361 e. The van der Waals surface area contributed by atoms with Crippen LogP contribution in [-0.4, -0.2) is 21.8 Å². The van der Waals surface area contributed by atoms with Gasteiger partial charge in [-0.1, -0.05) is 12.1 Å². The number of nitrogens with one attached hydrogen (secondary N) is 3. The molecular formula is C19H13N5OS. The third-order valence-electron chi connectivity index (χ3n) is 4.17. The fraction of sp³-hybridized carbons (Fsp3) is 0. The average Bonchev–Trinajstić information content (AvgIpc) is 3.35. The second-order valence-electron chi connectivity index (χ2n) is 5.93. The van der Waals surface area contributed by atoms with Crippen molar-refractivity contribution in [3.63, 3.8) is 0 Å². The third-order valence-corrected chi connectivity index (χ3v) is 4.97. The van der Waals surface area contributed by atoms with Crippen LogP contribution in [0, 0.1) is 0 Å². The Kier molecular flexibility index (Phi) is 3.32. The number of carbonyl (C=O) groups is 1. The first-order valence-electron chi connectivity index (χ1n) is 8.04. The van der Waals surface area contributed by atoms with Gasteiger partial charge in [0, 0.05) is 17.4 Å². The summed E-state index contributed by atoms with van der Waals surface area (Å²) in [5, 5.41) is 7.03. The molecule has 6 nitrogen and oxygen atoms in total. The lowest BCUT2D eigenvalue weighted by Gasteiger charge is -2.04. The number of aliphatic imine (C=N–C) groups is 1. The zero-order chi connectivity index (χ0) is 17.5. The van der Waals surface area contributed by atoms with E-state index in [4.69, 9.17) is 0 Å². The number of aromatic nitrogens is 2. The number of nitrogens with zero attached hydrogens (tertiary/aromatic N) is 2. The van der Waals surface area contributed by atoms with Crippen LogP contribution in [0.3, 0.4) is 0 Å². The van der Waals surface area contributed by atoms with E-state index in [-0.39, 0.29) is 5.91 Å². The molecular weight excluding hydrogens is 346 g/mol. The number of anilines is 1. The summed E-state index contributed by atoms with van der Waals surface area (Å²) in [6.07, 6.45) is 3.67. The molecule has 26 heavy (non-hydrogen) atoms. The minimum absolute atomic E-state index is 0.224. The van der Waals surface area contributed by atoms with Gasteiger partial charge >= 0.3 is 0 Å². The molecule has 1 aliphatic rings. The summed E-state index contributed by atoms with van der Waals surface area (Å²) in [4.78, 5) is 24.0. The topological polar surface area (TPSA) is 82.2 Å². The summed E-state index contributed by atoms with van der Waals surface area (Å²) >= 11 is 1.57. The van der Waals surface area contributed by atoms with Crippen LogP contribution in [0.5, 0.6) is 0 Å². The van der Waals surface area contributed by atoms with Gasteiger partial charge in [-0.25, -0.2) is 9.98 Å². The third kappa shape index (κ3) is 2.64. The monoisotopic (exact) mass is 359 g/mol. The van der Waals surface area contributed by atoms with Gasteiger partial charge < -0.3 is 10.3 Å². The molecule has 3 heterocycles. The molecule has 0 bridgehead atoms. The second-order valence-corrected chi connectivity index (χ2v) is 6.81. The Hall–Kier alpha value is -3.45. The number of H-pyrrole nitrogens is 1. The predicted octanol–water partition coefficient (Wildman–Crippen LogP) is 3.72. The van der Waals surface area contributed by atoms with Gasteiger partial charge in [0.15, 0.2) is 0 Å². The van der Waals surface area contributed by atoms with Crippen molar-refractivity contribution < 1.29 is 4.79 Å². The fourth-order valence-corrected chi connectivity index (χ4v) is 3.63. The van der Waals surface area contributed by atoms with Gasteiger partial charge in [-0.3, -0.25) is 10.1 Å². The Labute approximate surface area is 152 Å². The normalized spacial score (nSPS) is 15.6. The molecule has 7 heteroatoms. The molecule has 126 valence electrons. The molecule has 5 rings (SSSR count). The Morgan fingerprint density at radius 1 is 1.12 bits per heavy atom. The Morgan fingerprint density at radius 2 is 2.08 bits per heavy atom. The number of guanidine groups is 1. The first-order chi connectivity index (χ1) is 12.7. The zero-order valence-electron chi connectivity index (χ0n) is 13.5. The lowest BCUT2D eigenvalue weighted by atomic mass is 10.1. The molecule has 0 saturated heterocycles. The highest BCUT2D eigenvalue weighted by Gasteiger charge is 2.20. The summed E-state index contributed by atoms with van der Waals surface area (Å²) in [7, 11) is 0. The van der Waals surface area contributed by atoms with Crippen LogP contribution in [0.2, 0.25) is 0 Å². The van der Waals surface area contributed by atoms with E-state index in [1.807, 2.05) is 54.2 Å². The van der Waals surface area contributed by atoms with Crippen LogP contribution in [0.25, 0.3) is 27.2 Å². The summed E-state index contributed by atoms with van der Waals surface area (Å²) in [5.41, 5.74) is 5.94. The van der Waals surface area contributed by atoms with Crippen LogP contribution in [0.1, 0.15) is 5.56 Å². The van der Waals surface area contributed by atoms with Gasteiger partial charge in [-0.15, -0.1) is 11.3 Å². The highest BCUT2D eigenvalue weighted by Crippen LogP contribution is 2.23. The predicted molar refractivity (Wildman–Crippen MR) is 105 cm³/mol. The van der Waals surface area contributed by atoms with Gasteiger partial charge in [-0.2, -0.15) is 0 Å². The molecule has 0 unspecified atom stereocenters. The van der Waals surface area contributed by atoms with Crippen LogP contribution in [0.15, 0.2) is 64.9 Å². The minimum Gasteiger partial charge on any atom is -0.361 e. The number of aromatic amines is 1. The average molecular weight is 359 g/mol. The van der Waals surface area contributed by atoms with E-state index in [0.717, 1.165) is 32.4 Å². The Morgan fingerprint density at radius 3 is 3.04 bits per heavy atom. The second kappa shape index (κ2) is 5.82. The number of hydrogen-bond donors (Lipinski definition) is 3. The van der Waals surface area contributed by atoms with Crippen molar-refractivity contribution in [3.05, 3.63) is 65.4 Å². The van der Waals surface area contributed by atoms with E-state index in [1.54, 1.807) is 17.4 Å². The van der Waals surface area contributed by atoms with E-state index in [0.29, 0.717) is 11.7 Å². The molecule has 0 saturated carbocycles. The first-order valence-corrected chi connectivity index (χ1v) is 8.92. The van der Waals surface area contributed by atoms with Crippen LogP contribution < -0.4 is 10.6 Å². The number of hydrogen-bond acceptors (Lipinski definition) is 5. The maximum atomic E-state index is 12.2. The standard InChI is InChI=1S/C19H13N5OS/c25-18-16(8-11-1-2-12-5-6-20-15(12)7-11)23-19(24-18)22-13-3-4-14-17(9-13)26-10-21-14/h1-10,20H,(H2,22,23,24,25)/b16-8-. The van der Waals surface area contributed by atoms with Crippen molar-refractivity contribution in [1.82, 2.24) is 15.3 Å². The maximum Gasteiger partial charge on any atom is 0.276 e. The number of rotatable bonds is 2. The van der Waals surface area contributed by atoms with Crippen molar-refractivity contribution >= 4 is 56.1 Å². The number of benzene rings is 2. The zero-order valence-corrected chi connectivity index (χ0v) is 14.3. The molecule has 1 aliphatic heterocycles. The van der Waals surface area contributed by atoms with E-state index in [1.165, 1.54) is 0 Å². The molecule has 0 radical (unpaired) electrons. The van der Waals surface area contributed by atoms with Gasteiger partial charge in [0.05, 0.1) is 15.7 Å². The molecule has 0 spiro atoms. The Balaban J connectivity index is 1.42. The lowest BCUT2D eigenvalue weighted by Crippen LogP contribution is -2.29. The molecule has 2 aromatic heterocycles. The highest BCUT2D eigenvalue weighted by molar-refractivity contribution is 7.16.